The molecule has 0 bridgehead atoms. The lowest BCUT2D eigenvalue weighted by Gasteiger charge is -2.32. The molecule has 1 saturated heterocycles. The molecule has 0 atom stereocenters. The van der Waals surface area contributed by atoms with Gasteiger partial charge < -0.3 is 15.5 Å². The van der Waals surface area contributed by atoms with Crippen LogP contribution in [0.15, 0.2) is 42.5 Å². The number of anilines is 1. The molecule has 1 fully saturated rings. The lowest BCUT2D eigenvalue weighted by molar-refractivity contribution is -0.384. The van der Waals surface area contributed by atoms with E-state index in [4.69, 9.17) is 0 Å². The summed E-state index contributed by atoms with van der Waals surface area (Å²) >= 11 is 0. The van der Waals surface area contributed by atoms with Crippen LogP contribution in [0.4, 0.5) is 15.8 Å². The molecule has 0 spiro atoms. The van der Waals surface area contributed by atoms with E-state index >= 15 is 0 Å². The summed E-state index contributed by atoms with van der Waals surface area (Å²) in [5.74, 6) is -0.738. The Morgan fingerprint density at radius 2 is 1.84 bits per heavy atom. The van der Waals surface area contributed by atoms with Gasteiger partial charge in [0.05, 0.1) is 4.92 Å². The molecule has 1 heterocycles. The number of rotatable bonds is 7. The predicted molar refractivity (Wildman–Crippen MR) is 114 cm³/mol. The van der Waals surface area contributed by atoms with E-state index in [-0.39, 0.29) is 29.4 Å². The molecule has 0 unspecified atom stereocenters. The number of halogens is 1. The number of hydrogen-bond acceptors (Lipinski definition) is 5. The second-order valence-corrected chi connectivity index (χ2v) is 7.65. The molecular formula is C22H25FN4O4. The highest BCUT2D eigenvalue weighted by Gasteiger charge is 2.21. The molecule has 2 N–H and O–H groups in total. The van der Waals surface area contributed by atoms with Crippen LogP contribution in [-0.4, -0.2) is 47.3 Å². The number of nitro benzene ring substituents is 1. The largest absolute Gasteiger partial charge is 0.349 e. The quantitative estimate of drug-likeness (QED) is 0.520. The number of likely N-dealkylation sites (tertiary alicyclic amines) is 1. The second kappa shape index (κ2) is 10.1. The minimum atomic E-state index is -0.468. The zero-order valence-electron chi connectivity index (χ0n) is 17.3. The first-order valence-electron chi connectivity index (χ1n) is 10.2. The number of amides is 2. The van der Waals surface area contributed by atoms with Gasteiger partial charge in [0.2, 0.25) is 5.91 Å². The molecule has 2 aromatic carbocycles. The second-order valence-electron chi connectivity index (χ2n) is 7.65. The molecule has 1 aliphatic heterocycles. The molecule has 8 nitrogen and oxygen atoms in total. The Kier molecular flexibility index (Phi) is 7.30. The maximum atomic E-state index is 13.0. The van der Waals surface area contributed by atoms with Crippen molar-refractivity contribution < 1.29 is 18.9 Å². The number of non-ortho nitro benzene ring substituents is 1. The van der Waals surface area contributed by atoms with Crippen molar-refractivity contribution in [3.05, 3.63) is 69.5 Å². The van der Waals surface area contributed by atoms with Gasteiger partial charge in [0.15, 0.2) is 0 Å². The summed E-state index contributed by atoms with van der Waals surface area (Å²) < 4.78 is 13.0. The van der Waals surface area contributed by atoms with Crippen LogP contribution in [0.3, 0.4) is 0 Å². The van der Waals surface area contributed by atoms with E-state index in [2.05, 4.69) is 15.5 Å². The van der Waals surface area contributed by atoms with Gasteiger partial charge in [-0.05, 0) is 55.7 Å². The van der Waals surface area contributed by atoms with Gasteiger partial charge in [-0.3, -0.25) is 19.7 Å². The van der Waals surface area contributed by atoms with E-state index in [0.717, 1.165) is 25.9 Å². The summed E-state index contributed by atoms with van der Waals surface area (Å²) in [6, 6.07) is 9.84. The first kappa shape index (κ1) is 22.4. The summed E-state index contributed by atoms with van der Waals surface area (Å²) in [4.78, 5) is 37.0. The molecule has 0 aromatic heterocycles. The van der Waals surface area contributed by atoms with Crippen LogP contribution in [-0.2, 0) is 4.79 Å². The fraction of sp³-hybridized carbons (Fsp3) is 0.364. The molecule has 1 aliphatic rings. The topological polar surface area (TPSA) is 105 Å². The van der Waals surface area contributed by atoms with E-state index in [1.54, 1.807) is 13.0 Å². The molecule has 2 amide bonds. The van der Waals surface area contributed by atoms with Gasteiger partial charge in [-0.25, -0.2) is 4.39 Å². The number of nitrogens with one attached hydrogen (secondary N) is 2. The van der Waals surface area contributed by atoms with E-state index in [0.29, 0.717) is 29.8 Å². The van der Waals surface area contributed by atoms with Crippen LogP contribution in [0.25, 0.3) is 0 Å². The number of carbonyl (C=O) groups excluding carboxylic acids is 2. The van der Waals surface area contributed by atoms with Crippen LogP contribution in [0.5, 0.6) is 0 Å². The maximum Gasteiger partial charge on any atom is 0.269 e. The third kappa shape index (κ3) is 6.32. The fourth-order valence-corrected chi connectivity index (χ4v) is 3.54. The van der Waals surface area contributed by atoms with Gasteiger partial charge in [0.1, 0.15) is 5.82 Å². The fourth-order valence-electron chi connectivity index (χ4n) is 3.54. The Bertz CT molecular complexity index is 956. The third-order valence-corrected chi connectivity index (χ3v) is 5.38. The first-order valence-corrected chi connectivity index (χ1v) is 10.2. The van der Waals surface area contributed by atoms with Gasteiger partial charge in [-0.1, -0.05) is 0 Å². The van der Waals surface area contributed by atoms with Crippen molar-refractivity contribution in [3.63, 3.8) is 0 Å². The molecular weight excluding hydrogens is 403 g/mol. The highest BCUT2D eigenvalue weighted by atomic mass is 19.1. The van der Waals surface area contributed by atoms with Gasteiger partial charge in [-0.2, -0.15) is 0 Å². The highest BCUT2D eigenvalue weighted by molar-refractivity contribution is 5.94. The van der Waals surface area contributed by atoms with Crippen molar-refractivity contribution in [3.8, 4) is 0 Å². The van der Waals surface area contributed by atoms with Gasteiger partial charge in [-0.15, -0.1) is 0 Å². The van der Waals surface area contributed by atoms with E-state index in [1.165, 1.54) is 36.4 Å². The molecule has 31 heavy (non-hydrogen) atoms. The summed E-state index contributed by atoms with van der Waals surface area (Å²) in [7, 11) is 0. The average molecular weight is 428 g/mol. The van der Waals surface area contributed by atoms with Crippen LogP contribution >= 0.6 is 0 Å². The zero-order chi connectivity index (χ0) is 22.4. The number of benzene rings is 2. The molecule has 0 saturated carbocycles. The van der Waals surface area contributed by atoms with Gasteiger partial charge in [0.25, 0.3) is 11.6 Å². The van der Waals surface area contributed by atoms with Crippen molar-refractivity contribution in [2.45, 2.75) is 32.2 Å². The standard InChI is InChI=1S/C22H25FN4O4/c1-15-14-19(27(30)31)6-7-20(15)25-21(28)10-13-26-11-8-18(9-12-26)24-22(29)16-2-4-17(23)5-3-16/h2-7,14,18H,8-13H2,1H3,(H,24,29)(H,25,28). The zero-order valence-corrected chi connectivity index (χ0v) is 17.3. The molecule has 0 radical (unpaired) electrons. The third-order valence-electron chi connectivity index (χ3n) is 5.38. The van der Waals surface area contributed by atoms with Crippen molar-refractivity contribution in [1.82, 2.24) is 10.2 Å². The first-order chi connectivity index (χ1) is 14.8. The summed E-state index contributed by atoms with van der Waals surface area (Å²) in [5, 5.41) is 16.6. The SMILES string of the molecule is Cc1cc([N+](=O)[O-])ccc1NC(=O)CCN1CCC(NC(=O)c2ccc(F)cc2)CC1. The van der Waals surface area contributed by atoms with Crippen molar-refractivity contribution >= 4 is 23.2 Å². The minimum Gasteiger partial charge on any atom is -0.349 e. The molecule has 0 aliphatic carbocycles. The number of piperidine rings is 1. The van der Waals surface area contributed by atoms with Gasteiger partial charge in [0, 0.05) is 55.5 Å². The molecule has 2 aromatic rings. The highest BCUT2D eigenvalue weighted by Crippen LogP contribution is 2.21. The van der Waals surface area contributed by atoms with E-state index in [9.17, 15) is 24.1 Å². The van der Waals surface area contributed by atoms with Crippen LogP contribution in [0.1, 0.15) is 35.2 Å². The predicted octanol–water partition coefficient (Wildman–Crippen LogP) is 3.27. The van der Waals surface area contributed by atoms with Gasteiger partial charge >= 0.3 is 0 Å². The normalized spacial score (nSPS) is 14.8. The number of hydrogen-bond donors (Lipinski definition) is 2. The monoisotopic (exact) mass is 428 g/mol. The number of nitro groups is 1. The Hall–Kier alpha value is -3.33. The van der Waals surface area contributed by atoms with Crippen LogP contribution in [0, 0.1) is 22.9 Å². The average Bonchev–Trinajstić information content (AvgIpc) is 2.75. The van der Waals surface area contributed by atoms with Crippen molar-refractivity contribution in [2.75, 3.05) is 25.0 Å². The van der Waals surface area contributed by atoms with E-state index in [1.807, 2.05) is 0 Å². The lowest BCUT2D eigenvalue weighted by atomic mass is 10.0. The molecule has 9 heteroatoms. The Morgan fingerprint density at radius 3 is 2.45 bits per heavy atom. The summed E-state index contributed by atoms with van der Waals surface area (Å²) in [6.45, 7) is 3.83. The lowest BCUT2D eigenvalue weighted by Crippen LogP contribution is -2.45. The van der Waals surface area contributed by atoms with Crippen LogP contribution < -0.4 is 10.6 Å². The number of carbonyl (C=O) groups is 2. The molecule has 3 rings (SSSR count). The molecule has 164 valence electrons. The van der Waals surface area contributed by atoms with Crippen molar-refractivity contribution in [1.29, 1.82) is 0 Å². The Balaban J connectivity index is 1.40. The maximum absolute atomic E-state index is 13.0. The number of aryl methyl sites for hydroxylation is 1. The Morgan fingerprint density at radius 1 is 1.16 bits per heavy atom. The number of nitrogens with zero attached hydrogens (tertiary/aromatic N) is 2. The summed E-state index contributed by atoms with van der Waals surface area (Å²) in [6.07, 6.45) is 1.86. The Labute approximate surface area is 179 Å². The smallest absolute Gasteiger partial charge is 0.269 e. The summed E-state index contributed by atoms with van der Waals surface area (Å²) in [5.41, 5.74) is 1.63. The van der Waals surface area contributed by atoms with Crippen molar-refractivity contribution in [2.24, 2.45) is 0 Å². The van der Waals surface area contributed by atoms with Crippen LogP contribution in [0.2, 0.25) is 0 Å². The minimum absolute atomic E-state index is 0.00936. The van der Waals surface area contributed by atoms with E-state index < -0.39 is 4.92 Å².